The molecule has 1 saturated carbocycles. The van der Waals surface area contributed by atoms with E-state index in [9.17, 15) is 5.11 Å². The number of aliphatic hydroxyl groups excluding tert-OH is 1. The van der Waals surface area contributed by atoms with Crippen LogP contribution in [0, 0.1) is 0 Å². The lowest BCUT2D eigenvalue weighted by Crippen LogP contribution is -2.13. The normalized spacial score (nSPS) is 17.0. The van der Waals surface area contributed by atoms with Crippen molar-refractivity contribution in [1.82, 2.24) is 24.9 Å². The number of aromatic nitrogens is 5. The third-order valence-corrected chi connectivity index (χ3v) is 4.58. The molecule has 1 atom stereocenters. The van der Waals surface area contributed by atoms with Gasteiger partial charge < -0.3 is 14.2 Å². The van der Waals surface area contributed by atoms with E-state index >= 15 is 0 Å². The van der Waals surface area contributed by atoms with Crippen molar-refractivity contribution >= 4 is 11.8 Å². The Kier molecular flexibility index (Phi) is 3.98. The Morgan fingerprint density at radius 3 is 2.64 bits per heavy atom. The Labute approximate surface area is 133 Å². The molecule has 3 rings (SSSR count). The lowest BCUT2D eigenvalue weighted by atomic mass is 9.96. The minimum atomic E-state index is -0.135. The number of nitrogens with zero attached hydrogens (tertiary/aromatic N) is 5. The molecule has 1 unspecified atom stereocenters. The monoisotopic (exact) mass is 323 g/mol. The fourth-order valence-electron chi connectivity index (χ4n) is 2.11. The average Bonchev–Trinajstić information content (AvgIpc) is 3.02. The van der Waals surface area contributed by atoms with Gasteiger partial charge in [-0.05, 0) is 19.8 Å². The predicted molar refractivity (Wildman–Crippen MR) is 81.5 cm³/mol. The SMILES string of the molecule is CC(Sc1nnc(CO)n1C1CC1)c1nc(C(C)(C)C)no1. The van der Waals surface area contributed by atoms with Gasteiger partial charge in [0.15, 0.2) is 16.8 Å². The van der Waals surface area contributed by atoms with Gasteiger partial charge in [-0.3, -0.25) is 0 Å². The molecule has 0 aliphatic heterocycles. The highest BCUT2D eigenvalue weighted by atomic mass is 32.2. The van der Waals surface area contributed by atoms with E-state index < -0.39 is 0 Å². The van der Waals surface area contributed by atoms with E-state index in [2.05, 4.69) is 41.1 Å². The molecule has 1 N–H and O–H groups in total. The molecular formula is C14H21N5O2S. The highest BCUT2D eigenvalue weighted by Crippen LogP contribution is 2.42. The van der Waals surface area contributed by atoms with Crippen LogP contribution in [0.5, 0.6) is 0 Å². The van der Waals surface area contributed by atoms with Crippen molar-refractivity contribution < 1.29 is 9.63 Å². The van der Waals surface area contributed by atoms with Gasteiger partial charge in [-0.1, -0.05) is 37.7 Å². The minimum absolute atomic E-state index is 0.0168. The molecule has 8 heteroatoms. The largest absolute Gasteiger partial charge is 0.388 e. The summed E-state index contributed by atoms with van der Waals surface area (Å²) in [4.78, 5) is 4.49. The number of hydrogen-bond acceptors (Lipinski definition) is 7. The first-order valence-corrected chi connectivity index (χ1v) is 8.33. The van der Waals surface area contributed by atoms with Crippen LogP contribution in [0.3, 0.4) is 0 Å². The summed E-state index contributed by atoms with van der Waals surface area (Å²) in [6.07, 6.45) is 2.23. The molecule has 0 amide bonds. The second-order valence-corrected chi connectivity index (χ2v) is 7.93. The van der Waals surface area contributed by atoms with E-state index in [0.29, 0.717) is 23.6 Å². The molecule has 0 saturated heterocycles. The van der Waals surface area contributed by atoms with Crippen molar-refractivity contribution in [1.29, 1.82) is 0 Å². The smallest absolute Gasteiger partial charge is 0.239 e. The summed E-state index contributed by atoms with van der Waals surface area (Å²) < 4.78 is 7.42. The van der Waals surface area contributed by atoms with Gasteiger partial charge in [-0.15, -0.1) is 10.2 Å². The first kappa shape index (κ1) is 15.5. The number of aliphatic hydroxyl groups is 1. The third-order valence-electron chi connectivity index (χ3n) is 3.53. The molecule has 22 heavy (non-hydrogen) atoms. The number of thioether (sulfide) groups is 1. The topological polar surface area (TPSA) is 89.9 Å². The van der Waals surface area contributed by atoms with Crippen LogP contribution in [0.15, 0.2) is 9.68 Å². The Hall–Kier alpha value is -1.41. The van der Waals surface area contributed by atoms with Crippen molar-refractivity contribution in [2.45, 2.75) is 69.0 Å². The maximum atomic E-state index is 9.38. The third kappa shape index (κ3) is 3.03. The van der Waals surface area contributed by atoms with Crippen LogP contribution in [-0.4, -0.2) is 30.0 Å². The second kappa shape index (κ2) is 5.66. The van der Waals surface area contributed by atoms with E-state index in [0.717, 1.165) is 18.0 Å². The summed E-state index contributed by atoms with van der Waals surface area (Å²) in [6.45, 7) is 8.08. The fraction of sp³-hybridized carbons (Fsp3) is 0.714. The molecule has 0 aromatic carbocycles. The van der Waals surface area contributed by atoms with Crippen LogP contribution in [0.4, 0.5) is 0 Å². The molecule has 1 fully saturated rings. The lowest BCUT2D eigenvalue weighted by Gasteiger charge is -2.11. The van der Waals surface area contributed by atoms with Crippen LogP contribution in [0.25, 0.3) is 0 Å². The Morgan fingerprint density at radius 1 is 1.36 bits per heavy atom. The van der Waals surface area contributed by atoms with Crippen molar-refractivity contribution in [2.75, 3.05) is 0 Å². The van der Waals surface area contributed by atoms with E-state index in [1.807, 2.05) is 11.5 Å². The molecule has 1 aliphatic carbocycles. The number of hydrogen-bond donors (Lipinski definition) is 1. The lowest BCUT2D eigenvalue weighted by molar-refractivity contribution is 0.263. The zero-order chi connectivity index (χ0) is 15.9. The predicted octanol–water partition coefficient (Wildman–Crippen LogP) is 2.64. The highest BCUT2D eigenvalue weighted by molar-refractivity contribution is 7.99. The standard InChI is InChI=1S/C14H21N5O2S/c1-8(11-15-12(18-21-11)14(2,3)4)22-13-17-16-10(7-20)19(13)9-5-6-9/h8-9,20H,5-7H2,1-4H3. The summed E-state index contributed by atoms with van der Waals surface area (Å²) in [7, 11) is 0. The minimum Gasteiger partial charge on any atom is -0.388 e. The summed E-state index contributed by atoms with van der Waals surface area (Å²) in [5.74, 6) is 1.92. The quantitative estimate of drug-likeness (QED) is 0.846. The average molecular weight is 323 g/mol. The molecule has 2 aromatic rings. The molecule has 0 spiro atoms. The highest BCUT2D eigenvalue weighted by Gasteiger charge is 2.31. The first-order chi connectivity index (χ1) is 10.4. The van der Waals surface area contributed by atoms with Crippen LogP contribution in [-0.2, 0) is 12.0 Å². The van der Waals surface area contributed by atoms with Gasteiger partial charge >= 0.3 is 0 Å². The Bertz CT molecular complexity index is 656. The van der Waals surface area contributed by atoms with Crippen LogP contribution < -0.4 is 0 Å². The van der Waals surface area contributed by atoms with Gasteiger partial charge in [0.2, 0.25) is 5.89 Å². The molecule has 2 heterocycles. The van der Waals surface area contributed by atoms with Crippen molar-refractivity contribution in [2.24, 2.45) is 0 Å². The van der Waals surface area contributed by atoms with Crippen molar-refractivity contribution in [3.05, 3.63) is 17.5 Å². The van der Waals surface area contributed by atoms with Gasteiger partial charge in [0.1, 0.15) is 6.61 Å². The molecule has 1 aliphatic rings. The van der Waals surface area contributed by atoms with Gasteiger partial charge in [0.25, 0.3) is 0 Å². The molecular weight excluding hydrogens is 302 g/mol. The van der Waals surface area contributed by atoms with Gasteiger partial charge in [0, 0.05) is 11.5 Å². The van der Waals surface area contributed by atoms with Gasteiger partial charge in [-0.2, -0.15) is 4.98 Å². The van der Waals surface area contributed by atoms with Crippen LogP contribution in [0.2, 0.25) is 0 Å². The zero-order valence-corrected chi connectivity index (χ0v) is 14.1. The van der Waals surface area contributed by atoms with Gasteiger partial charge in [0.05, 0.1) is 5.25 Å². The van der Waals surface area contributed by atoms with E-state index in [1.165, 1.54) is 11.8 Å². The Morgan fingerprint density at radius 2 is 2.09 bits per heavy atom. The summed E-state index contributed by atoms with van der Waals surface area (Å²) >= 11 is 1.53. The van der Waals surface area contributed by atoms with Crippen LogP contribution in [0.1, 0.15) is 69.4 Å². The zero-order valence-electron chi connectivity index (χ0n) is 13.3. The first-order valence-electron chi connectivity index (χ1n) is 7.45. The summed E-state index contributed by atoms with van der Waals surface area (Å²) in [5, 5.41) is 22.5. The Balaban J connectivity index is 1.78. The van der Waals surface area contributed by atoms with Crippen LogP contribution >= 0.6 is 11.8 Å². The van der Waals surface area contributed by atoms with E-state index in [-0.39, 0.29) is 17.3 Å². The number of rotatable bonds is 5. The van der Waals surface area contributed by atoms with Crippen molar-refractivity contribution in [3.8, 4) is 0 Å². The maximum Gasteiger partial charge on any atom is 0.239 e. The molecule has 0 bridgehead atoms. The maximum absolute atomic E-state index is 9.38. The summed E-state index contributed by atoms with van der Waals surface area (Å²) in [6, 6.07) is 0.416. The molecule has 7 nitrogen and oxygen atoms in total. The fourth-order valence-corrected chi connectivity index (χ4v) is 3.08. The van der Waals surface area contributed by atoms with Crippen molar-refractivity contribution in [3.63, 3.8) is 0 Å². The van der Waals surface area contributed by atoms with E-state index in [1.54, 1.807) is 0 Å². The molecule has 0 radical (unpaired) electrons. The van der Waals surface area contributed by atoms with Gasteiger partial charge in [-0.25, -0.2) is 0 Å². The second-order valence-electron chi connectivity index (χ2n) is 6.62. The molecule has 2 aromatic heterocycles. The summed E-state index contributed by atoms with van der Waals surface area (Å²) in [5.41, 5.74) is -0.135. The molecule has 120 valence electrons. The van der Waals surface area contributed by atoms with E-state index in [4.69, 9.17) is 4.52 Å².